The van der Waals surface area contributed by atoms with Crippen LogP contribution in [0.5, 0.6) is 5.75 Å². The zero-order valence-electron chi connectivity index (χ0n) is 20.1. The summed E-state index contributed by atoms with van der Waals surface area (Å²) >= 11 is 7.35. The second-order valence-electron chi connectivity index (χ2n) is 9.12. The molecule has 0 atom stereocenters. The fraction of sp³-hybridized carbons (Fsp3) is 0.286. The minimum atomic E-state index is -0.668. The lowest BCUT2D eigenvalue weighted by atomic mass is 9.93. The van der Waals surface area contributed by atoms with E-state index in [0.717, 1.165) is 72.9 Å². The molecular weight excluding hydrogens is 521 g/mol. The van der Waals surface area contributed by atoms with Gasteiger partial charge in [-0.1, -0.05) is 36.9 Å². The van der Waals surface area contributed by atoms with E-state index >= 15 is 0 Å². The van der Waals surface area contributed by atoms with Crippen molar-refractivity contribution in [3.63, 3.8) is 0 Å². The normalized spacial score (nSPS) is 14.2. The Kier molecular flexibility index (Phi) is 7.40. The number of benzene rings is 2. The topological polar surface area (TPSA) is 42.4 Å². The van der Waals surface area contributed by atoms with E-state index in [2.05, 4.69) is 4.98 Å². The van der Waals surface area contributed by atoms with Crippen LogP contribution in [0.25, 0.3) is 21.2 Å². The molecule has 0 bridgehead atoms. The van der Waals surface area contributed by atoms with Gasteiger partial charge in [0.1, 0.15) is 28.1 Å². The van der Waals surface area contributed by atoms with Crippen LogP contribution in [-0.2, 0) is 6.54 Å². The van der Waals surface area contributed by atoms with Crippen molar-refractivity contribution in [1.29, 1.82) is 0 Å². The molecule has 1 fully saturated rings. The highest BCUT2D eigenvalue weighted by Gasteiger charge is 2.31. The first-order chi connectivity index (χ1) is 17.9. The molecule has 0 unspecified atom stereocenters. The Morgan fingerprint density at radius 3 is 2.51 bits per heavy atom. The van der Waals surface area contributed by atoms with E-state index in [1.807, 2.05) is 6.07 Å². The van der Waals surface area contributed by atoms with Crippen molar-refractivity contribution in [3.05, 3.63) is 81.7 Å². The van der Waals surface area contributed by atoms with Gasteiger partial charge in [0, 0.05) is 29.9 Å². The second kappa shape index (κ2) is 10.7. The fourth-order valence-corrected chi connectivity index (χ4v) is 6.47. The third-order valence-electron chi connectivity index (χ3n) is 6.81. The van der Waals surface area contributed by atoms with Gasteiger partial charge in [0.2, 0.25) is 0 Å². The van der Waals surface area contributed by atoms with E-state index in [9.17, 15) is 18.0 Å². The van der Waals surface area contributed by atoms with E-state index in [0.29, 0.717) is 11.3 Å². The van der Waals surface area contributed by atoms with Crippen LogP contribution in [-0.4, -0.2) is 28.9 Å². The molecular formula is C28H24ClF3N2O2S. The van der Waals surface area contributed by atoms with Crippen molar-refractivity contribution in [3.8, 4) is 16.9 Å². The van der Waals surface area contributed by atoms with Crippen LogP contribution in [0.3, 0.4) is 0 Å². The lowest BCUT2D eigenvalue weighted by molar-refractivity contribution is 0.0618. The van der Waals surface area contributed by atoms with Crippen LogP contribution in [0.15, 0.2) is 48.8 Å². The van der Waals surface area contributed by atoms with Gasteiger partial charge in [-0.25, -0.2) is 13.2 Å². The zero-order valence-corrected chi connectivity index (χ0v) is 21.6. The second-order valence-corrected chi connectivity index (χ2v) is 10.5. The number of halogens is 4. The molecule has 0 radical (unpaired) electrons. The minimum absolute atomic E-state index is 0.0233. The predicted octanol–water partition coefficient (Wildman–Crippen LogP) is 8.02. The summed E-state index contributed by atoms with van der Waals surface area (Å²) in [4.78, 5) is 19.7. The van der Waals surface area contributed by atoms with Gasteiger partial charge in [0.05, 0.1) is 28.4 Å². The number of aromatic nitrogens is 1. The number of amides is 1. The van der Waals surface area contributed by atoms with Crippen molar-refractivity contribution in [2.75, 3.05) is 7.11 Å². The van der Waals surface area contributed by atoms with Crippen LogP contribution in [0.1, 0.15) is 47.3 Å². The average molecular weight is 545 g/mol. The van der Waals surface area contributed by atoms with E-state index in [1.54, 1.807) is 30.3 Å². The molecule has 0 aliphatic heterocycles. The molecule has 2 heterocycles. The lowest BCUT2D eigenvalue weighted by Gasteiger charge is -2.34. The summed E-state index contributed by atoms with van der Waals surface area (Å²) in [6.45, 7) is 0.193. The molecule has 37 heavy (non-hydrogen) atoms. The number of fused-ring (bicyclic) bond motifs is 1. The zero-order chi connectivity index (χ0) is 26.1. The molecule has 2 aromatic carbocycles. The molecule has 5 rings (SSSR count). The van der Waals surface area contributed by atoms with Crippen molar-refractivity contribution in [2.45, 2.75) is 44.7 Å². The van der Waals surface area contributed by atoms with Gasteiger partial charge in [-0.05, 0) is 48.7 Å². The summed E-state index contributed by atoms with van der Waals surface area (Å²) in [7, 11) is 1.55. The number of methoxy groups -OCH3 is 1. The molecule has 192 valence electrons. The van der Waals surface area contributed by atoms with E-state index in [4.69, 9.17) is 16.3 Å². The molecule has 1 aliphatic carbocycles. The van der Waals surface area contributed by atoms with Gasteiger partial charge >= 0.3 is 0 Å². The number of rotatable bonds is 6. The predicted molar refractivity (Wildman–Crippen MR) is 140 cm³/mol. The van der Waals surface area contributed by atoms with Crippen molar-refractivity contribution in [1.82, 2.24) is 9.88 Å². The summed E-state index contributed by atoms with van der Waals surface area (Å²) in [5.74, 6) is -1.55. The summed E-state index contributed by atoms with van der Waals surface area (Å²) in [6, 6.07) is 8.81. The highest BCUT2D eigenvalue weighted by molar-refractivity contribution is 7.21. The Balaban J connectivity index is 1.57. The Bertz CT molecular complexity index is 1470. The minimum Gasteiger partial charge on any atom is -0.496 e. The number of carbonyl (C=O) groups is 1. The Morgan fingerprint density at radius 2 is 1.81 bits per heavy atom. The van der Waals surface area contributed by atoms with Crippen molar-refractivity contribution >= 4 is 38.9 Å². The third kappa shape index (κ3) is 5.05. The first-order valence-electron chi connectivity index (χ1n) is 12.0. The Hall–Kier alpha value is -3.10. The van der Waals surface area contributed by atoms with Gasteiger partial charge in [0.25, 0.3) is 5.91 Å². The standard InChI is InChI=1S/C28H24ClF3N2O2S/c1-36-23-10-7-16(17-12-19(30)14-33-13-17)11-18(23)15-34(20-5-3-2-4-6-20)28(35)27-25(29)24-21(31)8-9-22(32)26(24)37-27/h7-14,20H,2-6,15H2,1H3. The number of carbonyl (C=O) groups excluding carboxylic acids is 1. The number of hydrogen-bond acceptors (Lipinski definition) is 4. The average Bonchev–Trinajstić information content (AvgIpc) is 3.27. The van der Waals surface area contributed by atoms with Gasteiger partial charge in [0.15, 0.2) is 0 Å². The molecule has 0 spiro atoms. The maximum absolute atomic E-state index is 14.5. The largest absolute Gasteiger partial charge is 0.496 e. The number of pyridine rings is 1. The molecule has 1 saturated carbocycles. The fourth-order valence-electron chi connectivity index (χ4n) is 4.96. The molecule has 4 nitrogen and oxygen atoms in total. The van der Waals surface area contributed by atoms with E-state index in [1.165, 1.54) is 6.07 Å². The van der Waals surface area contributed by atoms with Crippen molar-refractivity contribution in [2.24, 2.45) is 0 Å². The van der Waals surface area contributed by atoms with Gasteiger partial charge in [-0.2, -0.15) is 0 Å². The monoisotopic (exact) mass is 544 g/mol. The smallest absolute Gasteiger partial charge is 0.266 e. The molecule has 0 N–H and O–H groups in total. The number of ether oxygens (including phenoxy) is 1. The number of hydrogen-bond donors (Lipinski definition) is 0. The van der Waals surface area contributed by atoms with Crippen LogP contribution < -0.4 is 4.74 Å². The van der Waals surface area contributed by atoms with Gasteiger partial charge < -0.3 is 9.64 Å². The SMILES string of the molecule is COc1ccc(-c2cncc(F)c2)cc1CN(C(=O)c1sc2c(F)ccc(F)c2c1Cl)C1CCCCC1. The first kappa shape index (κ1) is 25.5. The first-order valence-corrected chi connectivity index (χ1v) is 13.2. The molecule has 0 saturated heterocycles. The third-order valence-corrected chi connectivity index (χ3v) is 8.49. The maximum Gasteiger partial charge on any atom is 0.266 e. The van der Waals surface area contributed by atoms with Crippen LogP contribution >= 0.6 is 22.9 Å². The van der Waals surface area contributed by atoms with Crippen LogP contribution in [0, 0.1) is 17.5 Å². The van der Waals surface area contributed by atoms with E-state index in [-0.39, 0.29) is 38.5 Å². The lowest BCUT2D eigenvalue weighted by Crippen LogP contribution is -2.40. The molecule has 1 amide bonds. The quantitative estimate of drug-likeness (QED) is 0.247. The van der Waals surface area contributed by atoms with E-state index < -0.39 is 17.5 Å². The Labute approximate surface area is 221 Å². The summed E-state index contributed by atoms with van der Waals surface area (Å²) in [5, 5.41) is -0.147. The Morgan fingerprint density at radius 1 is 1.05 bits per heavy atom. The number of nitrogens with zero attached hydrogens (tertiary/aromatic N) is 2. The highest BCUT2D eigenvalue weighted by atomic mass is 35.5. The highest BCUT2D eigenvalue weighted by Crippen LogP contribution is 2.40. The summed E-state index contributed by atoms with van der Waals surface area (Å²) in [5.41, 5.74) is 2.04. The van der Waals surface area contributed by atoms with Crippen LogP contribution in [0.4, 0.5) is 13.2 Å². The van der Waals surface area contributed by atoms with Gasteiger partial charge in [-0.15, -0.1) is 11.3 Å². The molecule has 2 aromatic heterocycles. The summed E-state index contributed by atoms with van der Waals surface area (Å²) in [6.07, 6.45) is 7.37. The van der Waals surface area contributed by atoms with Crippen molar-refractivity contribution < 1.29 is 22.7 Å². The van der Waals surface area contributed by atoms with Crippen LogP contribution in [0.2, 0.25) is 5.02 Å². The van der Waals surface area contributed by atoms with Gasteiger partial charge in [-0.3, -0.25) is 9.78 Å². The number of thiophene rings is 1. The molecule has 4 aromatic rings. The maximum atomic E-state index is 14.5. The summed E-state index contributed by atoms with van der Waals surface area (Å²) < 4.78 is 48.4. The molecule has 1 aliphatic rings. The molecule has 9 heteroatoms.